The largest absolute Gasteiger partial charge is 0.314 e. The molecule has 184 valence electrons. The van der Waals surface area contributed by atoms with Gasteiger partial charge in [-0.3, -0.25) is 14.7 Å². The Bertz CT molecular complexity index is 1390. The molecule has 2 saturated heterocycles. The maximum absolute atomic E-state index is 12.7. The molecule has 2 aliphatic rings. The van der Waals surface area contributed by atoms with Crippen molar-refractivity contribution in [2.45, 2.75) is 32.2 Å². The molecule has 0 spiro atoms. The van der Waals surface area contributed by atoms with Gasteiger partial charge >= 0.3 is 0 Å². The van der Waals surface area contributed by atoms with E-state index in [0.717, 1.165) is 47.8 Å². The average molecular weight is 483 g/mol. The molecule has 0 atom stereocenters. The molecule has 2 fully saturated rings. The van der Waals surface area contributed by atoms with Gasteiger partial charge in [0.2, 0.25) is 5.91 Å². The van der Waals surface area contributed by atoms with E-state index in [1.165, 1.54) is 5.56 Å². The fourth-order valence-electron chi connectivity index (χ4n) is 4.90. The molecule has 9 nitrogen and oxygen atoms in total. The Morgan fingerprint density at radius 3 is 2.69 bits per heavy atom. The van der Waals surface area contributed by atoms with Gasteiger partial charge in [0.1, 0.15) is 5.82 Å². The summed E-state index contributed by atoms with van der Waals surface area (Å²) in [5.74, 6) is 1.24. The van der Waals surface area contributed by atoms with Crippen LogP contribution in [-0.4, -0.2) is 74.1 Å². The number of fused-ring (bicyclic) bond motifs is 1. The van der Waals surface area contributed by atoms with Gasteiger partial charge in [-0.25, -0.2) is 14.5 Å². The van der Waals surface area contributed by atoms with Crippen LogP contribution in [0.4, 0.5) is 5.69 Å². The summed E-state index contributed by atoms with van der Waals surface area (Å²) in [6, 6.07) is 10.5. The molecule has 9 heteroatoms. The van der Waals surface area contributed by atoms with Crippen molar-refractivity contribution in [2.75, 3.05) is 37.6 Å². The number of piperazine rings is 1. The van der Waals surface area contributed by atoms with Crippen molar-refractivity contribution in [3.8, 4) is 11.3 Å². The number of anilines is 1. The number of rotatable bonds is 6. The molecule has 36 heavy (non-hydrogen) atoms. The van der Waals surface area contributed by atoms with Gasteiger partial charge in [-0.1, -0.05) is 13.8 Å². The first-order valence-electron chi connectivity index (χ1n) is 12.5. The molecule has 0 aliphatic carbocycles. The summed E-state index contributed by atoms with van der Waals surface area (Å²) < 4.78 is 1.90. The number of nitrogens with zero attached hydrogens (tertiary/aromatic N) is 7. The molecule has 4 aromatic heterocycles. The SMILES string of the molecule is CC(C)c1cnn2ccc(-c3ccnc(Cc4ccc(N5CCN(C6CNC6)CC5=O)cn4)n3)cc12. The third-order valence-corrected chi connectivity index (χ3v) is 7.16. The van der Waals surface area contributed by atoms with Crippen molar-refractivity contribution < 1.29 is 4.79 Å². The lowest BCUT2D eigenvalue weighted by Gasteiger charge is -2.42. The van der Waals surface area contributed by atoms with E-state index < -0.39 is 0 Å². The molecular formula is C27H30N8O. The zero-order valence-electron chi connectivity index (χ0n) is 20.6. The Hall–Kier alpha value is -3.69. The quantitative estimate of drug-likeness (QED) is 0.452. The first-order valence-corrected chi connectivity index (χ1v) is 12.5. The standard InChI is InChI=1S/C27H30N8O/c1-18(2)23-16-31-35-8-6-19(11-25(23)35)24-5-7-29-26(32-24)12-20-3-4-21(15-30-20)34-10-9-33(17-27(34)36)22-13-28-14-22/h3-8,11,15-16,18,22,28H,9-10,12-14,17H2,1-2H3. The van der Waals surface area contributed by atoms with Gasteiger partial charge < -0.3 is 10.2 Å². The molecule has 0 radical (unpaired) electrons. The van der Waals surface area contributed by atoms with Crippen LogP contribution in [0.1, 0.15) is 36.8 Å². The van der Waals surface area contributed by atoms with Crippen LogP contribution in [0, 0.1) is 0 Å². The molecule has 1 amide bonds. The fraction of sp³-hybridized carbons (Fsp3) is 0.370. The molecule has 0 aromatic carbocycles. The van der Waals surface area contributed by atoms with E-state index in [2.05, 4.69) is 45.2 Å². The molecule has 2 aliphatic heterocycles. The Labute approximate surface area is 210 Å². The molecule has 4 aromatic rings. The third kappa shape index (κ3) is 4.36. The highest BCUT2D eigenvalue weighted by atomic mass is 16.2. The van der Waals surface area contributed by atoms with Gasteiger partial charge in [0, 0.05) is 61.4 Å². The van der Waals surface area contributed by atoms with Crippen molar-refractivity contribution in [1.82, 2.24) is 34.8 Å². The molecular weight excluding hydrogens is 452 g/mol. The van der Waals surface area contributed by atoms with Gasteiger partial charge in [0.05, 0.1) is 42.3 Å². The van der Waals surface area contributed by atoms with Crippen molar-refractivity contribution in [2.24, 2.45) is 0 Å². The van der Waals surface area contributed by atoms with Gasteiger partial charge in [0.15, 0.2) is 0 Å². The zero-order chi connectivity index (χ0) is 24.6. The van der Waals surface area contributed by atoms with Crippen LogP contribution in [0.2, 0.25) is 0 Å². The summed E-state index contributed by atoms with van der Waals surface area (Å²) in [5, 5.41) is 7.73. The Balaban J connectivity index is 1.16. The molecule has 6 heterocycles. The van der Waals surface area contributed by atoms with E-state index in [9.17, 15) is 4.79 Å². The molecule has 6 rings (SSSR count). The zero-order valence-corrected chi connectivity index (χ0v) is 20.6. The minimum atomic E-state index is 0.134. The van der Waals surface area contributed by atoms with Crippen LogP contribution in [0.3, 0.4) is 0 Å². The Morgan fingerprint density at radius 2 is 1.97 bits per heavy atom. The number of hydrogen-bond donors (Lipinski definition) is 1. The van der Waals surface area contributed by atoms with Crippen LogP contribution in [0.5, 0.6) is 0 Å². The van der Waals surface area contributed by atoms with Crippen molar-refractivity contribution in [3.05, 3.63) is 72.2 Å². The summed E-state index contributed by atoms with van der Waals surface area (Å²) >= 11 is 0. The van der Waals surface area contributed by atoms with Crippen LogP contribution >= 0.6 is 0 Å². The van der Waals surface area contributed by atoms with E-state index in [1.807, 2.05) is 46.1 Å². The predicted octanol–water partition coefficient (Wildman–Crippen LogP) is 2.52. The second kappa shape index (κ2) is 9.40. The smallest absolute Gasteiger partial charge is 0.241 e. The molecule has 1 N–H and O–H groups in total. The number of pyridine rings is 2. The summed E-state index contributed by atoms with van der Waals surface area (Å²) in [6.45, 7) is 8.36. The van der Waals surface area contributed by atoms with Gasteiger partial charge in [-0.05, 0) is 36.2 Å². The first-order chi connectivity index (χ1) is 17.5. The van der Waals surface area contributed by atoms with E-state index in [0.29, 0.717) is 37.3 Å². The van der Waals surface area contributed by atoms with Crippen LogP contribution < -0.4 is 10.2 Å². The lowest BCUT2D eigenvalue weighted by molar-refractivity contribution is -0.122. The second-order valence-electron chi connectivity index (χ2n) is 9.87. The lowest BCUT2D eigenvalue weighted by atomic mass is 10.0. The summed E-state index contributed by atoms with van der Waals surface area (Å²) in [6.07, 6.45) is 8.02. The second-order valence-corrected chi connectivity index (χ2v) is 9.87. The van der Waals surface area contributed by atoms with Crippen LogP contribution in [0.25, 0.3) is 16.8 Å². The van der Waals surface area contributed by atoms with Crippen LogP contribution in [-0.2, 0) is 11.2 Å². The molecule has 0 unspecified atom stereocenters. The third-order valence-electron chi connectivity index (χ3n) is 7.16. The highest BCUT2D eigenvalue weighted by Gasteiger charge is 2.32. The van der Waals surface area contributed by atoms with E-state index >= 15 is 0 Å². The maximum Gasteiger partial charge on any atom is 0.241 e. The van der Waals surface area contributed by atoms with Crippen molar-refractivity contribution >= 4 is 17.1 Å². The number of amides is 1. The summed E-state index contributed by atoms with van der Waals surface area (Å²) in [7, 11) is 0. The number of aromatic nitrogens is 5. The van der Waals surface area contributed by atoms with E-state index in [-0.39, 0.29) is 5.91 Å². The van der Waals surface area contributed by atoms with Gasteiger partial charge in [0.25, 0.3) is 0 Å². The minimum absolute atomic E-state index is 0.134. The summed E-state index contributed by atoms with van der Waals surface area (Å²) in [5.41, 5.74) is 5.94. The maximum atomic E-state index is 12.7. The van der Waals surface area contributed by atoms with Gasteiger partial charge in [-0.2, -0.15) is 5.10 Å². The fourth-order valence-corrected chi connectivity index (χ4v) is 4.90. The first kappa shape index (κ1) is 22.8. The van der Waals surface area contributed by atoms with Crippen molar-refractivity contribution in [3.63, 3.8) is 0 Å². The Morgan fingerprint density at radius 1 is 1.08 bits per heavy atom. The van der Waals surface area contributed by atoms with Gasteiger partial charge in [-0.15, -0.1) is 0 Å². The molecule has 0 bridgehead atoms. The average Bonchev–Trinajstić information content (AvgIpc) is 3.28. The minimum Gasteiger partial charge on any atom is -0.314 e. The van der Waals surface area contributed by atoms with E-state index in [1.54, 1.807) is 12.4 Å². The number of hydrogen-bond acceptors (Lipinski definition) is 7. The number of nitrogens with one attached hydrogen (secondary N) is 1. The molecule has 0 saturated carbocycles. The highest BCUT2D eigenvalue weighted by Crippen LogP contribution is 2.25. The Kier molecular flexibility index (Phi) is 5.94. The van der Waals surface area contributed by atoms with Crippen molar-refractivity contribution in [1.29, 1.82) is 0 Å². The van der Waals surface area contributed by atoms with Crippen LogP contribution in [0.15, 0.2) is 55.1 Å². The van der Waals surface area contributed by atoms with E-state index in [4.69, 9.17) is 4.98 Å². The summed E-state index contributed by atoms with van der Waals surface area (Å²) in [4.78, 5) is 30.8. The monoisotopic (exact) mass is 482 g/mol. The number of carbonyl (C=O) groups is 1. The normalized spacial score (nSPS) is 17.2. The lowest BCUT2D eigenvalue weighted by Crippen LogP contribution is -2.63. The topological polar surface area (TPSA) is 91.6 Å². The number of carbonyl (C=O) groups excluding carboxylic acids is 1. The predicted molar refractivity (Wildman–Crippen MR) is 138 cm³/mol. The highest BCUT2D eigenvalue weighted by molar-refractivity contribution is 5.95.